The van der Waals surface area contributed by atoms with Gasteiger partial charge in [-0.25, -0.2) is 0 Å². The Hall–Kier alpha value is -1.73. The summed E-state index contributed by atoms with van der Waals surface area (Å²) in [6.07, 6.45) is 5.08. The van der Waals surface area contributed by atoms with Gasteiger partial charge in [-0.05, 0) is 31.7 Å². The second-order valence-electron chi connectivity index (χ2n) is 4.87. The van der Waals surface area contributed by atoms with E-state index in [4.69, 9.17) is 20.5 Å². The molecule has 4 nitrogen and oxygen atoms in total. The summed E-state index contributed by atoms with van der Waals surface area (Å²) < 4.78 is 11.4. The number of nitrogens with zero attached hydrogens (tertiary/aromatic N) is 1. The first-order valence-corrected chi connectivity index (χ1v) is 6.72. The van der Waals surface area contributed by atoms with Crippen LogP contribution in [0.2, 0.25) is 0 Å². The molecule has 0 radical (unpaired) electrons. The minimum absolute atomic E-state index is 0.240. The molecule has 2 N–H and O–H groups in total. The lowest BCUT2D eigenvalue weighted by Gasteiger charge is -2.21. The molecule has 19 heavy (non-hydrogen) atoms. The van der Waals surface area contributed by atoms with E-state index in [-0.39, 0.29) is 18.6 Å². The van der Waals surface area contributed by atoms with Crippen molar-refractivity contribution in [2.24, 2.45) is 5.73 Å². The van der Waals surface area contributed by atoms with Crippen molar-refractivity contribution < 1.29 is 9.47 Å². The molecular formula is C15H20N2O2. The normalized spacial score (nSPS) is 16.9. The summed E-state index contributed by atoms with van der Waals surface area (Å²) in [6, 6.07) is 7.43. The fourth-order valence-electron chi connectivity index (χ4n) is 2.49. The number of hydrogen-bond acceptors (Lipinski definition) is 4. The molecular weight excluding hydrogens is 240 g/mol. The van der Waals surface area contributed by atoms with Crippen molar-refractivity contribution in [1.29, 1.82) is 5.26 Å². The molecule has 0 aliphatic heterocycles. The van der Waals surface area contributed by atoms with Gasteiger partial charge in [0, 0.05) is 11.6 Å². The molecule has 0 bridgehead atoms. The molecule has 1 aliphatic carbocycles. The molecule has 1 unspecified atom stereocenters. The maximum Gasteiger partial charge on any atom is 0.166 e. The number of methoxy groups -OCH3 is 1. The van der Waals surface area contributed by atoms with Crippen molar-refractivity contribution in [1.82, 2.24) is 0 Å². The van der Waals surface area contributed by atoms with Gasteiger partial charge in [0.05, 0.1) is 25.7 Å². The van der Waals surface area contributed by atoms with Crippen LogP contribution in [0.5, 0.6) is 11.5 Å². The minimum atomic E-state index is -0.337. The van der Waals surface area contributed by atoms with E-state index >= 15 is 0 Å². The molecule has 0 aromatic heterocycles. The molecule has 0 amide bonds. The SMILES string of the molecule is COc1cccc(C(N)CC#N)c1OC1CCCC1. The van der Waals surface area contributed by atoms with E-state index in [1.807, 2.05) is 18.2 Å². The molecule has 1 saturated carbocycles. The highest BCUT2D eigenvalue weighted by Gasteiger charge is 2.22. The van der Waals surface area contributed by atoms with Gasteiger partial charge in [-0.1, -0.05) is 12.1 Å². The van der Waals surface area contributed by atoms with Crippen LogP contribution in [0.25, 0.3) is 0 Å². The Morgan fingerprint density at radius 2 is 2.16 bits per heavy atom. The lowest BCUT2D eigenvalue weighted by atomic mass is 10.0. The summed E-state index contributed by atoms with van der Waals surface area (Å²) >= 11 is 0. The fraction of sp³-hybridized carbons (Fsp3) is 0.533. The van der Waals surface area contributed by atoms with Crippen LogP contribution < -0.4 is 15.2 Å². The Kier molecular flexibility index (Phi) is 4.64. The van der Waals surface area contributed by atoms with Crippen molar-refractivity contribution in [3.05, 3.63) is 23.8 Å². The Morgan fingerprint density at radius 1 is 1.42 bits per heavy atom. The quantitative estimate of drug-likeness (QED) is 0.883. The summed E-state index contributed by atoms with van der Waals surface area (Å²) in [7, 11) is 1.62. The number of rotatable bonds is 5. The van der Waals surface area contributed by atoms with Gasteiger partial charge >= 0.3 is 0 Å². The maximum atomic E-state index is 8.80. The van der Waals surface area contributed by atoms with E-state index in [1.54, 1.807) is 7.11 Å². The van der Waals surface area contributed by atoms with Crippen molar-refractivity contribution >= 4 is 0 Å². The molecule has 0 heterocycles. The molecule has 1 aromatic carbocycles. The third-order valence-electron chi connectivity index (χ3n) is 3.53. The molecule has 1 atom stereocenters. The lowest BCUT2D eigenvalue weighted by Crippen LogP contribution is -2.16. The lowest BCUT2D eigenvalue weighted by molar-refractivity contribution is 0.197. The highest BCUT2D eigenvalue weighted by atomic mass is 16.5. The molecule has 1 aromatic rings. The van der Waals surface area contributed by atoms with Gasteiger partial charge < -0.3 is 15.2 Å². The van der Waals surface area contributed by atoms with Crippen LogP contribution >= 0.6 is 0 Å². The van der Waals surface area contributed by atoms with Gasteiger partial charge in [0.15, 0.2) is 11.5 Å². The van der Waals surface area contributed by atoms with Gasteiger partial charge in [-0.2, -0.15) is 5.26 Å². The van der Waals surface area contributed by atoms with Crippen LogP contribution in [0.15, 0.2) is 18.2 Å². The van der Waals surface area contributed by atoms with Crippen LogP contribution in [0.4, 0.5) is 0 Å². The van der Waals surface area contributed by atoms with Crippen molar-refractivity contribution in [2.45, 2.75) is 44.2 Å². The van der Waals surface area contributed by atoms with E-state index in [0.29, 0.717) is 11.5 Å². The van der Waals surface area contributed by atoms with Crippen LogP contribution in [0.3, 0.4) is 0 Å². The summed E-state index contributed by atoms with van der Waals surface area (Å²) in [4.78, 5) is 0. The highest BCUT2D eigenvalue weighted by molar-refractivity contribution is 5.48. The minimum Gasteiger partial charge on any atom is -0.493 e. The molecule has 1 fully saturated rings. The van der Waals surface area contributed by atoms with E-state index in [9.17, 15) is 0 Å². The van der Waals surface area contributed by atoms with E-state index in [0.717, 1.165) is 18.4 Å². The smallest absolute Gasteiger partial charge is 0.166 e. The molecule has 102 valence electrons. The fourth-order valence-corrected chi connectivity index (χ4v) is 2.49. The largest absolute Gasteiger partial charge is 0.493 e. The summed E-state index contributed by atoms with van der Waals surface area (Å²) in [6.45, 7) is 0. The van der Waals surface area contributed by atoms with Gasteiger partial charge in [0.25, 0.3) is 0 Å². The van der Waals surface area contributed by atoms with Crippen LogP contribution in [-0.4, -0.2) is 13.2 Å². The van der Waals surface area contributed by atoms with Crippen LogP contribution in [0, 0.1) is 11.3 Å². The van der Waals surface area contributed by atoms with Crippen molar-refractivity contribution in [3.63, 3.8) is 0 Å². The average molecular weight is 260 g/mol. The summed E-state index contributed by atoms with van der Waals surface area (Å²) in [5.41, 5.74) is 6.90. The van der Waals surface area contributed by atoms with Crippen molar-refractivity contribution in [3.8, 4) is 17.6 Å². The topological polar surface area (TPSA) is 68.3 Å². The number of nitriles is 1. The molecule has 1 aliphatic rings. The predicted molar refractivity (Wildman–Crippen MR) is 73.0 cm³/mol. The van der Waals surface area contributed by atoms with E-state index in [2.05, 4.69) is 6.07 Å². The Labute approximate surface area is 114 Å². The average Bonchev–Trinajstić information content (AvgIpc) is 2.92. The number of ether oxygens (including phenoxy) is 2. The van der Waals surface area contributed by atoms with Crippen LogP contribution in [0.1, 0.15) is 43.7 Å². The van der Waals surface area contributed by atoms with Crippen molar-refractivity contribution in [2.75, 3.05) is 7.11 Å². The first-order chi connectivity index (χ1) is 9.26. The zero-order valence-electron chi connectivity index (χ0n) is 11.3. The zero-order valence-corrected chi connectivity index (χ0v) is 11.3. The molecule has 2 rings (SSSR count). The Morgan fingerprint density at radius 3 is 2.79 bits per heavy atom. The standard InChI is InChI=1S/C15H20N2O2/c1-18-14-8-4-7-12(13(17)9-10-16)15(14)19-11-5-2-3-6-11/h4,7-8,11,13H,2-3,5-6,9,17H2,1H3. The van der Waals surface area contributed by atoms with Gasteiger partial charge in [0.2, 0.25) is 0 Å². The summed E-state index contributed by atoms with van der Waals surface area (Å²) in [5.74, 6) is 1.40. The van der Waals surface area contributed by atoms with E-state index < -0.39 is 0 Å². The third kappa shape index (κ3) is 3.18. The van der Waals surface area contributed by atoms with Gasteiger partial charge in [-0.3, -0.25) is 0 Å². The number of hydrogen-bond donors (Lipinski definition) is 1. The molecule has 0 saturated heterocycles. The monoisotopic (exact) mass is 260 g/mol. The second-order valence-corrected chi connectivity index (χ2v) is 4.87. The third-order valence-corrected chi connectivity index (χ3v) is 3.53. The van der Waals surface area contributed by atoms with Crippen LogP contribution in [-0.2, 0) is 0 Å². The van der Waals surface area contributed by atoms with Gasteiger partial charge in [0.1, 0.15) is 0 Å². The Balaban J connectivity index is 2.28. The number of nitrogens with two attached hydrogens (primary N) is 1. The predicted octanol–water partition coefficient (Wildman–Crippen LogP) is 2.93. The first-order valence-electron chi connectivity index (χ1n) is 6.72. The number of benzene rings is 1. The zero-order chi connectivity index (χ0) is 13.7. The summed E-state index contributed by atoms with van der Waals surface area (Å²) in [5, 5.41) is 8.80. The maximum absolute atomic E-state index is 8.80. The Bertz CT molecular complexity index is 462. The van der Waals surface area contributed by atoms with E-state index in [1.165, 1.54) is 12.8 Å². The first kappa shape index (κ1) is 13.7. The second kappa shape index (κ2) is 6.44. The number of para-hydroxylation sites is 1. The van der Waals surface area contributed by atoms with Gasteiger partial charge in [-0.15, -0.1) is 0 Å². The molecule has 0 spiro atoms. The highest BCUT2D eigenvalue weighted by Crippen LogP contribution is 2.37. The molecule has 4 heteroatoms.